The largest absolute Gasteiger partial charge is 0.493 e. The van der Waals surface area contributed by atoms with Crippen molar-refractivity contribution in [2.24, 2.45) is 4.99 Å². The minimum Gasteiger partial charge on any atom is -0.493 e. The molecule has 1 aliphatic rings. The molecule has 6 nitrogen and oxygen atoms in total. The highest BCUT2D eigenvalue weighted by Crippen LogP contribution is 2.29. The van der Waals surface area contributed by atoms with Gasteiger partial charge in [0.05, 0.1) is 19.8 Å². The van der Waals surface area contributed by atoms with Gasteiger partial charge < -0.3 is 24.8 Å². The highest BCUT2D eigenvalue weighted by molar-refractivity contribution is 5.79. The van der Waals surface area contributed by atoms with E-state index in [2.05, 4.69) is 20.4 Å². The Morgan fingerprint density at radius 2 is 1.89 bits per heavy atom. The second-order valence-electron chi connectivity index (χ2n) is 6.70. The van der Waals surface area contributed by atoms with Gasteiger partial charge in [-0.15, -0.1) is 0 Å². The van der Waals surface area contributed by atoms with Gasteiger partial charge >= 0.3 is 6.61 Å². The van der Waals surface area contributed by atoms with Gasteiger partial charge in [-0.2, -0.15) is 8.78 Å². The van der Waals surface area contributed by atoms with Gasteiger partial charge in [0.15, 0.2) is 17.5 Å². The number of benzene rings is 1. The zero-order valence-corrected chi connectivity index (χ0v) is 16.7. The van der Waals surface area contributed by atoms with Crippen molar-refractivity contribution >= 4 is 5.96 Å². The second-order valence-corrected chi connectivity index (χ2v) is 6.70. The van der Waals surface area contributed by atoms with E-state index < -0.39 is 6.61 Å². The van der Waals surface area contributed by atoms with E-state index in [9.17, 15) is 8.78 Å². The van der Waals surface area contributed by atoms with Gasteiger partial charge in [0.2, 0.25) is 0 Å². The number of nitrogens with zero attached hydrogens (tertiary/aromatic N) is 1. The molecular weight excluding hydrogens is 368 g/mol. The van der Waals surface area contributed by atoms with Crippen molar-refractivity contribution in [2.45, 2.75) is 57.8 Å². The highest BCUT2D eigenvalue weighted by Gasteiger charge is 2.13. The first kappa shape index (κ1) is 22.2. The molecule has 2 N–H and O–H groups in total. The Hall–Kier alpha value is -2.09. The van der Waals surface area contributed by atoms with Gasteiger partial charge in [-0.3, -0.25) is 4.99 Å². The number of nitrogens with one attached hydrogen (secondary N) is 2. The summed E-state index contributed by atoms with van der Waals surface area (Å²) in [6.45, 7) is -1.22. The standard InChI is InChI=1S/C20H31F2N3O3/c1-23-20(24-11-12-27-16-7-5-3-4-6-8-16)25-14-15-9-10-17(26-2)18(13-15)28-19(21)22/h9-10,13,16,19H,3-8,11-12,14H2,1-2H3,(H2,23,24,25). The summed E-state index contributed by atoms with van der Waals surface area (Å²) in [4.78, 5) is 4.17. The molecule has 28 heavy (non-hydrogen) atoms. The summed E-state index contributed by atoms with van der Waals surface area (Å²) in [7, 11) is 3.09. The van der Waals surface area contributed by atoms with E-state index in [1.54, 1.807) is 19.2 Å². The molecule has 0 spiro atoms. The molecule has 1 aromatic carbocycles. The minimum atomic E-state index is -2.90. The van der Waals surface area contributed by atoms with Crippen LogP contribution in [0.1, 0.15) is 44.1 Å². The van der Waals surface area contributed by atoms with E-state index in [-0.39, 0.29) is 11.5 Å². The molecule has 1 saturated carbocycles. The third kappa shape index (κ3) is 7.88. The molecule has 1 fully saturated rings. The normalized spacial score (nSPS) is 16.0. The zero-order chi connectivity index (χ0) is 20.2. The quantitative estimate of drug-likeness (QED) is 0.287. The van der Waals surface area contributed by atoms with Crippen LogP contribution in [0.15, 0.2) is 23.2 Å². The van der Waals surface area contributed by atoms with Gasteiger partial charge in [-0.25, -0.2) is 0 Å². The molecule has 0 aliphatic heterocycles. The van der Waals surface area contributed by atoms with Crippen LogP contribution in [0.4, 0.5) is 8.78 Å². The van der Waals surface area contributed by atoms with Gasteiger partial charge in [-0.1, -0.05) is 31.7 Å². The van der Waals surface area contributed by atoms with E-state index >= 15 is 0 Å². The topological polar surface area (TPSA) is 64.1 Å². The number of halogens is 2. The molecule has 2 rings (SSSR count). The van der Waals surface area contributed by atoms with Crippen LogP contribution in [0.25, 0.3) is 0 Å². The Morgan fingerprint density at radius 1 is 1.14 bits per heavy atom. The predicted octanol–water partition coefficient (Wildman–Crippen LogP) is 3.70. The van der Waals surface area contributed by atoms with Crippen LogP contribution in [0.2, 0.25) is 0 Å². The minimum absolute atomic E-state index is 0.0107. The fourth-order valence-electron chi connectivity index (χ4n) is 3.23. The van der Waals surface area contributed by atoms with Crippen molar-refractivity contribution in [3.8, 4) is 11.5 Å². The maximum absolute atomic E-state index is 12.5. The first-order valence-electron chi connectivity index (χ1n) is 9.80. The third-order valence-electron chi connectivity index (χ3n) is 4.68. The number of guanidine groups is 1. The summed E-state index contributed by atoms with van der Waals surface area (Å²) in [6, 6.07) is 4.92. The molecule has 0 atom stereocenters. The Labute approximate surface area is 165 Å². The maximum atomic E-state index is 12.5. The SMILES string of the molecule is CN=C(NCCOC1CCCCCC1)NCc1ccc(OC)c(OC(F)F)c1. The lowest BCUT2D eigenvalue weighted by Gasteiger charge is -2.17. The van der Waals surface area contributed by atoms with Gasteiger partial charge in [-0.05, 0) is 30.5 Å². The number of ether oxygens (including phenoxy) is 3. The Bertz CT molecular complexity index is 606. The van der Waals surface area contributed by atoms with E-state index in [0.717, 1.165) is 18.4 Å². The number of rotatable bonds is 9. The van der Waals surface area contributed by atoms with Gasteiger partial charge in [0.25, 0.3) is 0 Å². The molecule has 1 aromatic rings. The van der Waals surface area contributed by atoms with Crippen LogP contribution >= 0.6 is 0 Å². The molecule has 0 amide bonds. The average molecular weight is 399 g/mol. The van der Waals surface area contributed by atoms with Crippen LogP contribution in [-0.4, -0.2) is 46.0 Å². The van der Waals surface area contributed by atoms with Crippen molar-refractivity contribution in [1.29, 1.82) is 0 Å². The third-order valence-corrected chi connectivity index (χ3v) is 4.68. The molecule has 0 aromatic heterocycles. The highest BCUT2D eigenvalue weighted by atomic mass is 19.3. The van der Waals surface area contributed by atoms with E-state index in [1.165, 1.54) is 38.9 Å². The summed E-state index contributed by atoms with van der Waals surface area (Å²) < 4.78 is 40.6. The lowest BCUT2D eigenvalue weighted by Crippen LogP contribution is -2.38. The predicted molar refractivity (Wildman–Crippen MR) is 105 cm³/mol. The van der Waals surface area contributed by atoms with Gasteiger partial charge in [0, 0.05) is 20.1 Å². The van der Waals surface area contributed by atoms with Crippen LogP contribution in [-0.2, 0) is 11.3 Å². The Kier molecular flexibility index (Phi) is 9.82. The molecule has 158 valence electrons. The van der Waals surface area contributed by atoms with E-state index in [4.69, 9.17) is 9.47 Å². The molecule has 0 saturated heterocycles. The van der Waals surface area contributed by atoms with Crippen LogP contribution in [0.5, 0.6) is 11.5 Å². The molecule has 8 heteroatoms. The Morgan fingerprint density at radius 3 is 2.54 bits per heavy atom. The molecule has 1 aliphatic carbocycles. The van der Waals surface area contributed by atoms with Crippen molar-refractivity contribution in [1.82, 2.24) is 10.6 Å². The summed E-state index contributed by atoms with van der Waals surface area (Å²) in [5.41, 5.74) is 0.772. The monoisotopic (exact) mass is 399 g/mol. The van der Waals surface area contributed by atoms with Crippen molar-refractivity contribution in [3.63, 3.8) is 0 Å². The lowest BCUT2D eigenvalue weighted by atomic mass is 10.1. The number of methoxy groups -OCH3 is 1. The van der Waals surface area contributed by atoms with Crippen molar-refractivity contribution < 1.29 is 23.0 Å². The average Bonchev–Trinajstić information content (AvgIpc) is 2.96. The fraction of sp³-hybridized carbons (Fsp3) is 0.650. The Balaban J connectivity index is 1.75. The number of alkyl halides is 2. The van der Waals surface area contributed by atoms with Crippen LogP contribution in [0.3, 0.4) is 0 Å². The zero-order valence-electron chi connectivity index (χ0n) is 16.7. The van der Waals surface area contributed by atoms with E-state index in [0.29, 0.717) is 31.8 Å². The van der Waals surface area contributed by atoms with Crippen LogP contribution in [0, 0.1) is 0 Å². The second kappa shape index (κ2) is 12.4. The molecular formula is C20H31F2N3O3. The summed E-state index contributed by atoms with van der Waals surface area (Å²) in [5, 5.41) is 6.35. The first-order chi connectivity index (χ1) is 13.6. The number of hydrogen-bond acceptors (Lipinski definition) is 4. The molecule has 0 bridgehead atoms. The van der Waals surface area contributed by atoms with Gasteiger partial charge in [0.1, 0.15) is 0 Å². The molecule has 0 unspecified atom stereocenters. The number of hydrogen-bond donors (Lipinski definition) is 2. The summed E-state index contributed by atoms with van der Waals surface area (Å²) >= 11 is 0. The van der Waals surface area contributed by atoms with Crippen molar-refractivity contribution in [2.75, 3.05) is 27.3 Å². The van der Waals surface area contributed by atoms with Crippen LogP contribution < -0.4 is 20.1 Å². The molecule has 0 heterocycles. The smallest absolute Gasteiger partial charge is 0.387 e. The molecule has 0 radical (unpaired) electrons. The van der Waals surface area contributed by atoms with Crippen molar-refractivity contribution in [3.05, 3.63) is 23.8 Å². The number of aliphatic imine (C=N–C) groups is 1. The summed E-state index contributed by atoms with van der Waals surface area (Å²) in [6.07, 6.45) is 7.78. The van der Waals surface area contributed by atoms with E-state index in [1.807, 2.05) is 0 Å². The fourth-order valence-corrected chi connectivity index (χ4v) is 3.23. The maximum Gasteiger partial charge on any atom is 0.387 e. The first-order valence-corrected chi connectivity index (χ1v) is 9.80. The summed E-state index contributed by atoms with van der Waals surface area (Å²) in [5.74, 6) is 0.898. The lowest BCUT2D eigenvalue weighted by molar-refractivity contribution is -0.0512.